The number of rotatable bonds is 6. The van der Waals surface area contributed by atoms with E-state index in [4.69, 9.17) is 9.47 Å². The van der Waals surface area contributed by atoms with E-state index >= 15 is 0 Å². The zero-order chi connectivity index (χ0) is 21.8. The van der Waals surface area contributed by atoms with E-state index in [9.17, 15) is 4.79 Å². The van der Waals surface area contributed by atoms with Crippen LogP contribution in [0, 0.1) is 5.92 Å². The Hall–Kier alpha value is -2.71. The molecule has 4 rings (SSSR count). The van der Waals surface area contributed by atoms with Crippen LogP contribution in [0.1, 0.15) is 26.7 Å². The number of likely N-dealkylation sites (tertiary alicyclic amines) is 1. The number of nitrogens with one attached hydrogen (secondary N) is 1. The number of thiazole rings is 1. The van der Waals surface area contributed by atoms with E-state index in [0.29, 0.717) is 23.4 Å². The zero-order valence-corrected chi connectivity index (χ0v) is 18.9. The molecule has 2 aromatic heterocycles. The Morgan fingerprint density at radius 3 is 2.97 bits per heavy atom. The molecule has 0 radical (unpaired) electrons. The standard InChI is InChI=1S/C23H28N4O3S/c1-15(2)30-14-16-5-4-8-27(13-16)23(28)26-22-25-20-7-6-17(10-21(20)31-22)18-9-19(29-3)12-24-11-18/h6-7,9-12,15-16H,4-5,8,13-14H2,1-3H3,(H,25,26,28). The maximum absolute atomic E-state index is 12.8. The van der Waals surface area contributed by atoms with Crippen LogP contribution < -0.4 is 10.1 Å². The second-order valence-electron chi connectivity index (χ2n) is 8.08. The quantitative estimate of drug-likeness (QED) is 0.581. The number of carbonyl (C=O) groups excluding carboxylic acids is 1. The Labute approximate surface area is 186 Å². The third-order valence-corrected chi connectivity index (χ3v) is 6.29. The smallest absolute Gasteiger partial charge is 0.323 e. The first kappa shape index (κ1) is 21.5. The molecule has 3 heterocycles. The first-order chi connectivity index (χ1) is 15.0. The Bertz CT molecular complexity index is 1050. The van der Waals surface area contributed by atoms with E-state index in [1.54, 1.807) is 13.3 Å². The van der Waals surface area contributed by atoms with Gasteiger partial charge in [0.25, 0.3) is 0 Å². The van der Waals surface area contributed by atoms with Gasteiger partial charge in [0.1, 0.15) is 5.75 Å². The lowest BCUT2D eigenvalue weighted by Gasteiger charge is -2.32. The van der Waals surface area contributed by atoms with Gasteiger partial charge in [0.2, 0.25) is 0 Å². The van der Waals surface area contributed by atoms with Crippen LogP contribution in [0.3, 0.4) is 0 Å². The minimum Gasteiger partial charge on any atom is -0.495 e. The minimum atomic E-state index is -0.0921. The number of aromatic nitrogens is 2. The summed E-state index contributed by atoms with van der Waals surface area (Å²) in [4.78, 5) is 23.5. The van der Waals surface area contributed by atoms with Crippen LogP contribution in [0.4, 0.5) is 9.93 Å². The van der Waals surface area contributed by atoms with Crippen molar-refractivity contribution in [1.29, 1.82) is 0 Å². The van der Waals surface area contributed by atoms with Crippen LogP contribution in [0.5, 0.6) is 5.75 Å². The van der Waals surface area contributed by atoms with Gasteiger partial charge in [-0.05, 0) is 50.5 Å². The zero-order valence-electron chi connectivity index (χ0n) is 18.1. The monoisotopic (exact) mass is 440 g/mol. The summed E-state index contributed by atoms with van der Waals surface area (Å²) in [6, 6.07) is 7.91. The van der Waals surface area contributed by atoms with Crippen molar-refractivity contribution < 1.29 is 14.3 Å². The number of amides is 2. The molecule has 8 heteroatoms. The Balaban J connectivity index is 1.44. The molecular weight excluding hydrogens is 412 g/mol. The molecule has 0 spiro atoms. The number of fused-ring (bicyclic) bond motifs is 1. The highest BCUT2D eigenvalue weighted by Gasteiger charge is 2.24. The topological polar surface area (TPSA) is 76.6 Å². The summed E-state index contributed by atoms with van der Waals surface area (Å²) in [6.45, 7) is 6.26. The van der Waals surface area contributed by atoms with Gasteiger partial charge < -0.3 is 14.4 Å². The molecule has 1 aliphatic heterocycles. The van der Waals surface area contributed by atoms with Gasteiger partial charge in [-0.15, -0.1) is 0 Å². The number of benzene rings is 1. The van der Waals surface area contributed by atoms with Crippen molar-refractivity contribution in [2.45, 2.75) is 32.8 Å². The van der Waals surface area contributed by atoms with Crippen LogP contribution in [0.15, 0.2) is 36.7 Å². The summed E-state index contributed by atoms with van der Waals surface area (Å²) in [6.07, 6.45) is 5.80. The van der Waals surface area contributed by atoms with E-state index in [-0.39, 0.29) is 12.1 Å². The lowest BCUT2D eigenvalue weighted by molar-refractivity contribution is 0.0327. The number of nitrogens with zero attached hydrogens (tertiary/aromatic N) is 3. The van der Waals surface area contributed by atoms with Gasteiger partial charge in [0.05, 0.1) is 36.2 Å². The molecule has 0 saturated carbocycles. The molecule has 1 saturated heterocycles. The predicted molar refractivity (Wildman–Crippen MR) is 124 cm³/mol. The number of methoxy groups -OCH3 is 1. The predicted octanol–water partition coefficient (Wildman–Crippen LogP) is 5.04. The van der Waals surface area contributed by atoms with Gasteiger partial charge in [0.15, 0.2) is 5.13 Å². The lowest BCUT2D eigenvalue weighted by Crippen LogP contribution is -2.43. The third kappa shape index (κ3) is 5.32. The molecular formula is C23H28N4O3S. The molecule has 2 amide bonds. The van der Waals surface area contributed by atoms with E-state index in [1.165, 1.54) is 11.3 Å². The summed E-state index contributed by atoms with van der Waals surface area (Å²) < 4.78 is 12.0. The molecule has 7 nitrogen and oxygen atoms in total. The summed E-state index contributed by atoms with van der Waals surface area (Å²) >= 11 is 1.48. The number of urea groups is 1. The number of anilines is 1. The number of pyridine rings is 1. The van der Waals surface area contributed by atoms with Crippen molar-refractivity contribution in [2.75, 3.05) is 32.1 Å². The Morgan fingerprint density at radius 1 is 1.29 bits per heavy atom. The second-order valence-corrected chi connectivity index (χ2v) is 9.11. The normalized spacial score (nSPS) is 16.6. The van der Waals surface area contributed by atoms with Crippen molar-refractivity contribution in [3.8, 4) is 16.9 Å². The van der Waals surface area contributed by atoms with Gasteiger partial charge in [0, 0.05) is 30.8 Å². The fourth-order valence-corrected chi connectivity index (χ4v) is 4.63. The van der Waals surface area contributed by atoms with Crippen molar-refractivity contribution >= 4 is 32.7 Å². The first-order valence-corrected chi connectivity index (χ1v) is 11.4. The van der Waals surface area contributed by atoms with Crippen molar-refractivity contribution in [3.63, 3.8) is 0 Å². The SMILES string of the molecule is COc1cncc(-c2ccc3nc(NC(=O)N4CCCC(COC(C)C)C4)sc3c2)c1. The average molecular weight is 441 g/mol. The molecule has 0 aliphatic carbocycles. The maximum atomic E-state index is 12.8. The first-order valence-electron chi connectivity index (χ1n) is 10.6. The van der Waals surface area contributed by atoms with Crippen molar-refractivity contribution in [1.82, 2.24) is 14.9 Å². The largest absolute Gasteiger partial charge is 0.495 e. The molecule has 1 N–H and O–H groups in total. The molecule has 3 aromatic rings. The summed E-state index contributed by atoms with van der Waals surface area (Å²) in [7, 11) is 1.63. The second kappa shape index (κ2) is 9.62. The fourth-order valence-electron chi connectivity index (χ4n) is 3.73. The van der Waals surface area contributed by atoms with Gasteiger partial charge in [-0.3, -0.25) is 10.3 Å². The molecule has 1 aromatic carbocycles. The molecule has 0 bridgehead atoms. The Kier molecular flexibility index (Phi) is 6.67. The number of piperidine rings is 1. The van der Waals surface area contributed by atoms with Crippen LogP contribution in [0.25, 0.3) is 21.3 Å². The third-order valence-electron chi connectivity index (χ3n) is 5.36. The fraction of sp³-hybridized carbons (Fsp3) is 0.435. The summed E-state index contributed by atoms with van der Waals surface area (Å²) in [5, 5.41) is 3.60. The van der Waals surface area contributed by atoms with Gasteiger partial charge >= 0.3 is 6.03 Å². The van der Waals surface area contributed by atoms with Crippen LogP contribution in [-0.4, -0.2) is 53.8 Å². The van der Waals surface area contributed by atoms with Crippen LogP contribution in [-0.2, 0) is 4.74 Å². The molecule has 31 heavy (non-hydrogen) atoms. The lowest BCUT2D eigenvalue weighted by atomic mass is 9.99. The number of carbonyl (C=O) groups is 1. The van der Waals surface area contributed by atoms with Gasteiger partial charge in [-0.1, -0.05) is 17.4 Å². The Morgan fingerprint density at radius 2 is 2.16 bits per heavy atom. The highest BCUT2D eigenvalue weighted by molar-refractivity contribution is 7.22. The number of hydrogen-bond acceptors (Lipinski definition) is 6. The van der Waals surface area contributed by atoms with Gasteiger partial charge in [-0.2, -0.15) is 0 Å². The molecule has 164 valence electrons. The number of ether oxygens (including phenoxy) is 2. The molecule has 1 aliphatic rings. The number of hydrogen-bond donors (Lipinski definition) is 1. The maximum Gasteiger partial charge on any atom is 0.323 e. The van der Waals surface area contributed by atoms with E-state index < -0.39 is 0 Å². The van der Waals surface area contributed by atoms with Crippen LogP contribution in [0.2, 0.25) is 0 Å². The highest BCUT2D eigenvalue weighted by Crippen LogP contribution is 2.31. The van der Waals surface area contributed by atoms with Crippen molar-refractivity contribution in [2.24, 2.45) is 5.92 Å². The average Bonchev–Trinajstić information content (AvgIpc) is 3.19. The minimum absolute atomic E-state index is 0.0921. The molecule has 1 fully saturated rings. The van der Waals surface area contributed by atoms with Crippen LogP contribution >= 0.6 is 11.3 Å². The van der Waals surface area contributed by atoms with E-state index in [2.05, 4.69) is 21.4 Å². The van der Waals surface area contributed by atoms with Gasteiger partial charge in [-0.25, -0.2) is 9.78 Å². The highest BCUT2D eigenvalue weighted by atomic mass is 32.1. The van der Waals surface area contributed by atoms with Crippen molar-refractivity contribution in [3.05, 3.63) is 36.7 Å². The summed E-state index contributed by atoms with van der Waals surface area (Å²) in [5.41, 5.74) is 2.87. The summed E-state index contributed by atoms with van der Waals surface area (Å²) in [5.74, 6) is 1.10. The molecule has 1 atom stereocenters. The van der Waals surface area contributed by atoms with E-state index in [1.807, 2.05) is 43.1 Å². The molecule has 1 unspecified atom stereocenters. The van der Waals surface area contributed by atoms with E-state index in [0.717, 1.165) is 47.3 Å².